The van der Waals surface area contributed by atoms with Crippen LogP contribution in [0.15, 0.2) is 48.5 Å². The van der Waals surface area contributed by atoms with Gasteiger partial charge in [0.2, 0.25) is 5.91 Å². The number of benzene rings is 2. The Morgan fingerprint density at radius 1 is 1.03 bits per heavy atom. The minimum atomic E-state index is -0.315. The molecule has 0 unspecified atom stereocenters. The Bertz CT molecular complexity index is 976. The molecule has 8 heteroatoms. The second-order valence-corrected chi connectivity index (χ2v) is 8.53. The Hall–Kier alpha value is -3.39. The molecule has 2 aliphatic heterocycles. The van der Waals surface area contributed by atoms with Gasteiger partial charge < -0.3 is 19.5 Å². The minimum absolute atomic E-state index is 0.107. The molecule has 2 saturated heterocycles. The highest BCUT2D eigenvalue weighted by molar-refractivity contribution is 5.89. The number of ether oxygens (including phenoxy) is 2. The number of carboxylic acid groups (broad SMARTS) is 1. The minimum Gasteiger partial charge on any atom is -0.497 e. The van der Waals surface area contributed by atoms with E-state index in [1.54, 1.807) is 7.11 Å². The number of amides is 1. The van der Waals surface area contributed by atoms with Gasteiger partial charge in [0.15, 0.2) is 0 Å². The first-order valence-electron chi connectivity index (χ1n) is 11.4. The van der Waals surface area contributed by atoms with E-state index < -0.39 is 0 Å². The van der Waals surface area contributed by atoms with E-state index in [1.165, 1.54) is 18.2 Å². The number of carbonyl (C=O) groups is 3. The van der Waals surface area contributed by atoms with E-state index in [1.807, 2.05) is 43.3 Å². The van der Waals surface area contributed by atoms with Crippen molar-refractivity contribution in [2.75, 3.05) is 33.9 Å². The number of hydrogen-bond acceptors (Lipinski definition) is 6. The van der Waals surface area contributed by atoms with Crippen molar-refractivity contribution in [3.63, 3.8) is 0 Å². The largest absolute Gasteiger partial charge is 0.497 e. The Morgan fingerprint density at radius 2 is 1.68 bits per heavy atom. The Kier molecular flexibility index (Phi) is 8.65. The number of methoxy groups -OCH3 is 2. The van der Waals surface area contributed by atoms with Crippen LogP contribution in [0, 0.1) is 11.8 Å². The maximum Gasteiger partial charge on any atom is 0.337 e. The van der Waals surface area contributed by atoms with Gasteiger partial charge in [-0.05, 0) is 41.3 Å². The van der Waals surface area contributed by atoms with E-state index in [-0.39, 0.29) is 24.4 Å². The van der Waals surface area contributed by atoms with Crippen LogP contribution in [0.5, 0.6) is 5.75 Å². The van der Waals surface area contributed by atoms with Crippen molar-refractivity contribution in [1.82, 2.24) is 9.80 Å². The smallest absolute Gasteiger partial charge is 0.337 e. The van der Waals surface area contributed by atoms with Gasteiger partial charge in [0.05, 0.1) is 25.8 Å². The first-order valence-corrected chi connectivity index (χ1v) is 11.4. The molecule has 34 heavy (non-hydrogen) atoms. The lowest BCUT2D eigenvalue weighted by Gasteiger charge is -2.30. The molecule has 0 aliphatic carbocycles. The molecule has 0 saturated carbocycles. The van der Waals surface area contributed by atoms with Crippen LogP contribution in [-0.2, 0) is 20.9 Å². The summed E-state index contributed by atoms with van der Waals surface area (Å²) >= 11 is 0. The van der Waals surface area contributed by atoms with E-state index in [9.17, 15) is 9.59 Å². The summed E-state index contributed by atoms with van der Waals surface area (Å²) in [6, 6.07) is 15.9. The van der Waals surface area contributed by atoms with Gasteiger partial charge >= 0.3 is 5.97 Å². The maximum atomic E-state index is 12.7. The number of hydrogen-bond donors (Lipinski definition) is 1. The molecule has 1 N–H and O–H groups in total. The normalized spacial score (nSPS) is 21.3. The topological polar surface area (TPSA) is 96.4 Å². The van der Waals surface area contributed by atoms with Crippen LogP contribution in [0.4, 0.5) is 0 Å². The van der Waals surface area contributed by atoms with Gasteiger partial charge in [0, 0.05) is 38.5 Å². The van der Waals surface area contributed by atoms with Gasteiger partial charge in [-0.25, -0.2) is 4.79 Å². The van der Waals surface area contributed by atoms with Crippen molar-refractivity contribution in [3.8, 4) is 5.75 Å². The maximum absolute atomic E-state index is 12.7. The van der Waals surface area contributed by atoms with Gasteiger partial charge in [-0.3, -0.25) is 14.5 Å². The highest BCUT2D eigenvalue weighted by Gasteiger charge is 2.48. The van der Waals surface area contributed by atoms with Gasteiger partial charge in [-0.2, -0.15) is 0 Å². The molecule has 2 fully saturated rings. The number of likely N-dealkylation sites (tertiary alicyclic amines) is 2. The molecule has 0 radical (unpaired) electrons. The summed E-state index contributed by atoms with van der Waals surface area (Å²) in [5.74, 6) is 1.62. The molecule has 182 valence electrons. The molecular formula is C26H32N2O6. The summed E-state index contributed by atoms with van der Waals surface area (Å²) in [7, 11) is 3.06. The fraction of sp³-hybridized carbons (Fsp3) is 0.423. The Labute approximate surface area is 200 Å². The standard InChI is InChI=1S/C25H30N2O4.CH2O2/c1-4-23(28)27-15-20-14-26(13-17-5-7-19(8-6-17)25(29)31-3)16-22(20)24(27)18-9-11-21(30-2)12-10-18;2-1-3/h5-12,20,22,24H,4,13-16H2,1-3H3;1H,(H,2,3)/t20-,22-,24-;/m0./s1. The summed E-state index contributed by atoms with van der Waals surface area (Å²) in [4.78, 5) is 37.2. The SMILES string of the molecule is CCC(=O)N1C[C@@H]2CN(Cc3ccc(C(=O)OC)cc3)C[C@@H]2[C@@H]1c1ccc(OC)cc1.O=CO. The van der Waals surface area contributed by atoms with Crippen molar-refractivity contribution in [2.24, 2.45) is 11.8 Å². The first kappa shape index (κ1) is 25.2. The van der Waals surface area contributed by atoms with Crippen LogP contribution in [-0.4, -0.2) is 67.1 Å². The van der Waals surface area contributed by atoms with E-state index >= 15 is 0 Å². The van der Waals surface area contributed by atoms with Crippen LogP contribution in [0.3, 0.4) is 0 Å². The van der Waals surface area contributed by atoms with Crippen molar-refractivity contribution in [1.29, 1.82) is 0 Å². The van der Waals surface area contributed by atoms with Crippen LogP contribution >= 0.6 is 0 Å². The average molecular weight is 469 g/mol. The molecule has 0 aromatic heterocycles. The molecule has 0 bridgehead atoms. The summed E-state index contributed by atoms with van der Waals surface area (Å²) < 4.78 is 10.1. The van der Waals surface area contributed by atoms with Crippen LogP contribution in [0.1, 0.15) is 40.9 Å². The van der Waals surface area contributed by atoms with Crippen molar-refractivity contribution >= 4 is 18.3 Å². The predicted octanol–water partition coefficient (Wildman–Crippen LogP) is 3.22. The van der Waals surface area contributed by atoms with Gasteiger partial charge in [-0.1, -0.05) is 31.2 Å². The zero-order valence-electron chi connectivity index (χ0n) is 19.8. The Balaban J connectivity index is 0.00000103. The molecule has 3 atom stereocenters. The summed E-state index contributed by atoms with van der Waals surface area (Å²) in [6.07, 6.45) is 0.530. The predicted molar refractivity (Wildman–Crippen MR) is 126 cm³/mol. The molecule has 1 amide bonds. The summed E-state index contributed by atoms with van der Waals surface area (Å²) in [5, 5.41) is 6.89. The second-order valence-electron chi connectivity index (χ2n) is 8.53. The van der Waals surface area contributed by atoms with Crippen LogP contribution in [0.25, 0.3) is 0 Å². The van der Waals surface area contributed by atoms with E-state index in [2.05, 4.69) is 21.9 Å². The molecule has 4 rings (SSSR count). The number of fused-ring (bicyclic) bond motifs is 1. The monoisotopic (exact) mass is 468 g/mol. The molecular weight excluding hydrogens is 436 g/mol. The van der Waals surface area contributed by atoms with Crippen molar-refractivity contribution in [2.45, 2.75) is 25.9 Å². The Morgan fingerprint density at radius 3 is 2.24 bits per heavy atom. The molecule has 8 nitrogen and oxygen atoms in total. The molecule has 2 aliphatic rings. The number of rotatable bonds is 6. The van der Waals surface area contributed by atoms with Crippen molar-refractivity contribution in [3.05, 3.63) is 65.2 Å². The van der Waals surface area contributed by atoms with Gasteiger partial charge in [-0.15, -0.1) is 0 Å². The third-order valence-corrected chi connectivity index (χ3v) is 6.60. The fourth-order valence-electron chi connectivity index (χ4n) is 5.08. The average Bonchev–Trinajstić information content (AvgIpc) is 3.41. The highest BCUT2D eigenvalue weighted by atomic mass is 16.5. The molecule has 2 aromatic carbocycles. The van der Waals surface area contributed by atoms with E-state index in [0.29, 0.717) is 23.8 Å². The van der Waals surface area contributed by atoms with Crippen LogP contribution in [0.2, 0.25) is 0 Å². The zero-order valence-corrected chi connectivity index (χ0v) is 19.8. The van der Waals surface area contributed by atoms with Crippen molar-refractivity contribution < 1.29 is 29.0 Å². The van der Waals surface area contributed by atoms with E-state index in [0.717, 1.165) is 31.9 Å². The zero-order chi connectivity index (χ0) is 24.7. The number of carbonyl (C=O) groups excluding carboxylic acids is 2. The summed E-state index contributed by atoms with van der Waals surface area (Å²) in [5.41, 5.74) is 2.92. The lowest BCUT2D eigenvalue weighted by Crippen LogP contribution is -2.35. The second kappa shape index (κ2) is 11.7. The van der Waals surface area contributed by atoms with Gasteiger partial charge in [0.1, 0.15) is 5.75 Å². The molecule has 0 spiro atoms. The van der Waals surface area contributed by atoms with Crippen LogP contribution < -0.4 is 4.74 Å². The lowest BCUT2D eigenvalue weighted by atomic mass is 9.89. The number of nitrogens with zero attached hydrogens (tertiary/aromatic N) is 2. The highest BCUT2D eigenvalue weighted by Crippen LogP contribution is 2.45. The summed E-state index contributed by atoms with van der Waals surface area (Å²) in [6.45, 7) is 5.26. The lowest BCUT2D eigenvalue weighted by molar-refractivity contribution is -0.132. The first-order chi connectivity index (χ1) is 16.4. The fourth-order valence-corrected chi connectivity index (χ4v) is 5.08. The third-order valence-electron chi connectivity index (χ3n) is 6.60. The molecule has 2 heterocycles. The number of esters is 1. The van der Waals surface area contributed by atoms with Gasteiger partial charge in [0.25, 0.3) is 6.47 Å². The van der Waals surface area contributed by atoms with E-state index in [4.69, 9.17) is 19.4 Å². The quantitative estimate of drug-likeness (QED) is 0.514. The molecule has 2 aromatic rings. The third kappa shape index (κ3) is 5.56.